The highest BCUT2D eigenvalue weighted by Gasteiger charge is 2.30. The molecular formula is C15H25N5O. The SMILES string of the molecule is CNC(=O)C1CCCCN1c1nc(C(C)C)nc(N)c1C. The Labute approximate surface area is 126 Å². The van der Waals surface area contributed by atoms with Crippen molar-refractivity contribution in [1.29, 1.82) is 0 Å². The Bertz CT molecular complexity index is 529. The minimum Gasteiger partial charge on any atom is -0.383 e. The van der Waals surface area contributed by atoms with Crippen LogP contribution < -0.4 is 16.0 Å². The molecule has 1 atom stereocenters. The summed E-state index contributed by atoms with van der Waals surface area (Å²) in [6, 6.07) is -0.170. The minimum absolute atomic E-state index is 0.0392. The van der Waals surface area contributed by atoms with Gasteiger partial charge in [-0.25, -0.2) is 9.97 Å². The maximum absolute atomic E-state index is 12.1. The Morgan fingerprint density at radius 1 is 1.38 bits per heavy atom. The third kappa shape index (κ3) is 3.09. The van der Waals surface area contributed by atoms with Crippen LogP contribution in [-0.4, -0.2) is 35.5 Å². The van der Waals surface area contributed by atoms with E-state index in [9.17, 15) is 4.79 Å². The fourth-order valence-corrected chi connectivity index (χ4v) is 2.70. The second kappa shape index (κ2) is 6.28. The number of hydrogen-bond acceptors (Lipinski definition) is 5. The van der Waals surface area contributed by atoms with Crippen molar-refractivity contribution >= 4 is 17.5 Å². The highest BCUT2D eigenvalue weighted by Crippen LogP contribution is 2.29. The van der Waals surface area contributed by atoms with Gasteiger partial charge in [-0.3, -0.25) is 4.79 Å². The second-order valence-electron chi connectivity index (χ2n) is 5.89. The van der Waals surface area contributed by atoms with Gasteiger partial charge in [-0.15, -0.1) is 0 Å². The average molecular weight is 291 g/mol. The summed E-state index contributed by atoms with van der Waals surface area (Å²) in [6.45, 7) is 6.83. The van der Waals surface area contributed by atoms with E-state index in [0.717, 1.165) is 43.0 Å². The molecule has 1 aliphatic rings. The summed E-state index contributed by atoms with van der Waals surface area (Å²) in [5.74, 6) is 2.28. The van der Waals surface area contributed by atoms with Gasteiger partial charge in [0.1, 0.15) is 23.5 Å². The lowest BCUT2D eigenvalue weighted by Gasteiger charge is -2.36. The number of nitrogens with two attached hydrogens (primary N) is 1. The molecular weight excluding hydrogens is 266 g/mol. The van der Waals surface area contributed by atoms with Gasteiger partial charge in [0.15, 0.2) is 0 Å². The van der Waals surface area contributed by atoms with Crippen molar-refractivity contribution in [1.82, 2.24) is 15.3 Å². The number of anilines is 2. The topological polar surface area (TPSA) is 84.1 Å². The van der Waals surface area contributed by atoms with Crippen LogP contribution in [0.1, 0.15) is 50.4 Å². The zero-order valence-electron chi connectivity index (χ0n) is 13.3. The molecule has 1 unspecified atom stereocenters. The second-order valence-corrected chi connectivity index (χ2v) is 5.89. The molecule has 0 saturated carbocycles. The minimum atomic E-state index is -0.170. The van der Waals surface area contributed by atoms with E-state index in [2.05, 4.69) is 20.2 Å². The number of nitrogens with zero attached hydrogens (tertiary/aromatic N) is 3. The van der Waals surface area contributed by atoms with E-state index in [4.69, 9.17) is 5.73 Å². The Morgan fingerprint density at radius 3 is 2.71 bits per heavy atom. The summed E-state index contributed by atoms with van der Waals surface area (Å²) in [7, 11) is 1.68. The van der Waals surface area contributed by atoms with Crippen LogP contribution in [0.5, 0.6) is 0 Å². The average Bonchev–Trinajstić information content (AvgIpc) is 2.49. The summed E-state index contributed by atoms with van der Waals surface area (Å²) < 4.78 is 0. The third-order valence-corrected chi connectivity index (χ3v) is 4.02. The molecule has 1 aromatic heterocycles. The zero-order chi connectivity index (χ0) is 15.6. The molecule has 1 amide bonds. The molecule has 0 spiro atoms. The van der Waals surface area contributed by atoms with Crippen molar-refractivity contribution in [3.8, 4) is 0 Å². The number of amides is 1. The predicted octanol–water partition coefficient (Wildman–Crippen LogP) is 1.60. The van der Waals surface area contributed by atoms with Gasteiger partial charge < -0.3 is 16.0 Å². The van der Waals surface area contributed by atoms with E-state index in [1.807, 2.05) is 20.8 Å². The Balaban J connectivity index is 2.44. The summed E-state index contributed by atoms with van der Waals surface area (Å²) in [6.07, 6.45) is 2.97. The monoisotopic (exact) mass is 291 g/mol. The highest BCUT2D eigenvalue weighted by molar-refractivity contribution is 5.85. The van der Waals surface area contributed by atoms with E-state index in [1.165, 1.54) is 0 Å². The molecule has 6 nitrogen and oxygen atoms in total. The number of aromatic nitrogens is 2. The molecule has 21 heavy (non-hydrogen) atoms. The largest absolute Gasteiger partial charge is 0.383 e. The van der Waals surface area contributed by atoms with Crippen molar-refractivity contribution in [2.24, 2.45) is 0 Å². The third-order valence-electron chi connectivity index (χ3n) is 4.02. The molecule has 0 bridgehead atoms. The van der Waals surface area contributed by atoms with Crippen molar-refractivity contribution in [3.05, 3.63) is 11.4 Å². The van der Waals surface area contributed by atoms with Crippen LogP contribution in [0.3, 0.4) is 0 Å². The number of nitrogens with one attached hydrogen (secondary N) is 1. The number of carbonyl (C=O) groups excluding carboxylic acids is 1. The molecule has 2 rings (SSSR count). The molecule has 1 aliphatic heterocycles. The van der Waals surface area contributed by atoms with Gasteiger partial charge >= 0.3 is 0 Å². The Morgan fingerprint density at radius 2 is 2.10 bits per heavy atom. The highest BCUT2D eigenvalue weighted by atomic mass is 16.2. The van der Waals surface area contributed by atoms with Crippen LogP contribution in [-0.2, 0) is 4.79 Å². The molecule has 1 aromatic rings. The summed E-state index contributed by atoms with van der Waals surface area (Å²) in [5.41, 5.74) is 6.90. The van der Waals surface area contributed by atoms with Gasteiger partial charge in [0.05, 0.1) is 0 Å². The van der Waals surface area contributed by atoms with Gasteiger partial charge in [0.25, 0.3) is 0 Å². The number of likely N-dealkylation sites (N-methyl/N-ethyl adjacent to an activating group) is 1. The van der Waals surface area contributed by atoms with Crippen LogP contribution in [0.25, 0.3) is 0 Å². The van der Waals surface area contributed by atoms with Crippen molar-refractivity contribution in [2.75, 3.05) is 24.2 Å². The van der Waals surface area contributed by atoms with E-state index in [-0.39, 0.29) is 17.9 Å². The molecule has 1 saturated heterocycles. The van der Waals surface area contributed by atoms with Crippen molar-refractivity contribution < 1.29 is 4.79 Å². The first-order valence-electron chi connectivity index (χ1n) is 7.58. The quantitative estimate of drug-likeness (QED) is 0.883. The van der Waals surface area contributed by atoms with E-state index in [0.29, 0.717) is 5.82 Å². The van der Waals surface area contributed by atoms with Crippen molar-refractivity contribution in [2.45, 2.75) is 52.0 Å². The van der Waals surface area contributed by atoms with Gasteiger partial charge in [-0.2, -0.15) is 0 Å². The normalized spacial score (nSPS) is 18.9. The molecule has 1 fully saturated rings. The standard InChI is InChI=1S/C15H25N5O/c1-9(2)13-18-12(16)10(3)14(19-13)20-8-6-5-7-11(20)15(21)17-4/h9,11H,5-8H2,1-4H3,(H,17,21)(H2,16,18,19). The first-order valence-corrected chi connectivity index (χ1v) is 7.58. The maximum Gasteiger partial charge on any atom is 0.242 e. The number of nitrogen functional groups attached to an aromatic ring is 1. The van der Waals surface area contributed by atoms with Crippen LogP contribution in [0.15, 0.2) is 0 Å². The first kappa shape index (κ1) is 15.5. The van der Waals surface area contributed by atoms with Crippen molar-refractivity contribution in [3.63, 3.8) is 0 Å². The summed E-state index contributed by atoms with van der Waals surface area (Å²) in [4.78, 5) is 23.3. The lowest BCUT2D eigenvalue weighted by Crippen LogP contribution is -2.49. The van der Waals surface area contributed by atoms with Gasteiger partial charge in [-0.05, 0) is 26.2 Å². The lowest BCUT2D eigenvalue weighted by atomic mass is 10.0. The van der Waals surface area contributed by atoms with Crippen LogP contribution in [0.4, 0.5) is 11.6 Å². The predicted molar refractivity (Wildman–Crippen MR) is 84.3 cm³/mol. The molecule has 6 heteroatoms. The molecule has 3 N–H and O–H groups in total. The van der Waals surface area contributed by atoms with Gasteiger partial charge in [0.2, 0.25) is 5.91 Å². The van der Waals surface area contributed by atoms with Gasteiger partial charge in [-0.1, -0.05) is 13.8 Å². The smallest absolute Gasteiger partial charge is 0.242 e. The fourth-order valence-electron chi connectivity index (χ4n) is 2.70. The summed E-state index contributed by atoms with van der Waals surface area (Å²) >= 11 is 0. The number of carbonyl (C=O) groups is 1. The number of hydrogen-bond donors (Lipinski definition) is 2. The summed E-state index contributed by atoms with van der Waals surface area (Å²) in [5, 5.41) is 2.75. The Kier molecular flexibility index (Phi) is 4.65. The van der Waals surface area contributed by atoms with Crippen LogP contribution in [0.2, 0.25) is 0 Å². The fraction of sp³-hybridized carbons (Fsp3) is 0.667. The van der Waals surface area contributed by atoms with Crippen LogP contribution in [0, 0.1) is 6.92 Å². The van der Waals surface area contributed by atoms with E-state index in [1.54, 1.807) is 7.05 Å². The zero-order valence-corrected chi connectivity index (χ0v) is 13.3. The van der Waals surface area contributed by atoms with E-state index >= 15 is 0 Å². The molecule has 116 valence electrons. The lowest BCUT2D eigenvalue weighted by molar-refractivity contribution is -0.122. The number of rotatable bonds is 3. The molecule has 2 heterocycles. The first-order chi connectivity index (χ1) is 9.95. The van der Waals surface area contributed by atoms with Gasteiger partial charge in [0, 0.05) is 25.1 Å². The number of piperidine rings is 1. The molecule has 0 radical (unpaired) electrons. The van der Waals surface area contributed by atoms with Crippen LogP contribution >= 0.6 is 0 Å². The Hall–Kier alpha value is -1.85. The molecule has 0 aromatic carbocycles. The van der Waals surface area contributed by atoms with E-state index < -0.39 is 0 Å². The maximum atomic E-state index is 12.1. The molecule has 0 aliphatic carbocycles.